The van der Waals surface area contributed by atoms with Gasteiger partial charge in [0.2, 0.25) is 5.89 Å². The maximum Gasteiger partial charge on any atom is 0.229 e. The Bertz CT molecular complexity index is 721. The van der Waals surface area contributed by atoms with Crippen molar-refractivity contribution in [1.82, 2.24) is 4.98 Å². The number of hydrogen-bond donors (Lipinski definition) is 1. The zero-order chi connectivity index (χ0) is 13.2. The van der Waals surface area contributed by atoms with Crippen molar-refractivity contribution in [3.63, 3.8) is 0 Å². The molecule has 0 aliphatic carbocycles. The molecule has 4 heteroatoms. The van der Waals surface area contributed by atoms with Crippen LogP contribution in [0.4, 0.5) is 10.1 Å². The molecule has 2 N–H and O–H groups in total. The second-order valence-corrected chi connectivity index (χ2v) is 4.13. The number of rotatable bonds is 2. The van der Waals surface area contributed by atoms with Gasteiger partial charge in [-0.1, -0.05) is 24.3 Å². The highest BCUT2D eigenvalue weighted by atomic mass is 19.1. The molecule has 0 spiro atoms. The van der Waals surface area contributed by atoms with Crippen molar-refractivity contribution in [2.45, 2.75) is 0 Å². The summed E-state index contributed by atoms with van der Waals surface area (Å²) in [4.78, 5) is 4.11. The first-order chi connectivity index (χ1) is 9.24. The third kappa shape index (κ3) is 2.20. The molecule has 0 amide bonds. The molecule has 0 aliphatic rings. The molecule has 0 bridgehead atoms. The van der Waals surface area contributed by atoms with Gasteiger partial charge >= 0.3 is 0 Å². The fourth-order valence-electron chi connectivity index (χ4n) is 1.86. The van der Waals surface area contributed by atoms with E-state index in [4.69, 9.17) is 10.2 Å². The van der Waals surface area contributed by atoms with Gasteiger partial charge in [-0.3, -0.25) is 0 Å². The first kappa shape index (κ1) is 11.5. The number of benzene rings is 2. The molecule has 0 saturated heterocycles. The Hall–Kier alpha value is -2.62. The predicted molar refractivity (Wildman–Crippen MR) is 71.7 cm³/mol. The minimum Gasteiger partial charge on any atom is -0.436 e. The van der Waals surface area contributed by atoms with Gasteiger partial charge in [-0.25, -0.2) is 9.37 Å². The summed E-state index contributed by atoms with van der Waals surface area (Å²) >= 11 is 0. The number of halogens is 1. The number of nitrogen functional groups attached to an aromatic ring is 1. The summed E-state index contributed by atoms with van der Waals surface area (Å²) in [5.41, 5.74) is 7.52. The van der Waals surface area contributed by atoms with Gasteiger partial charge in [0.25, 0.3) is 0 Å². The molecule has 3 aromatic rings. The third-order valence-electron chi connectivity index (χ3n) is 2.78. The lowest BCUT2D eigenvalue weighted by atomic mass is 10.2. The van der Waals surface area contributed by atoms with Crippen molar-refractivity contribution in [2.75, 3.05) is 5.73 Å². The summed E-state index contributed by atoms with van der Waals surface area (Å²) in [5.74, 6) is 0.463. The highest BCUT2D eigenvalue weighted by Crippen LogP contribution is 2.28. The van der Waals surface area contributed by atoms with Crippen LogP contribution in [0.25, 0.3) is 22.8 Å². The van der Waals surface area contributed by atoms with E-state index < -0.39 is 0 Å². The Morgan fingerprint density at radius 1 is 1.05 bits per heavy atom. The number of aromatic nitrogens is 1. The van der Waals surface area contributed by atoms with Gasteiger partial charge in [-0.2, -0.15) is 0 Å². The Balaban J connectivity index is 2.03. The standard InChI is InChI=1S/C15H11FN2O/c16-13-7-2-1-6-12(13)15-18-9-14(19-15)10-4-3-5-11(17)8-10/h1-9H,17H2. The van der Waals surface area contributed by atoms with E-state index in [1.54, 1.807) is 36.5 Å². The molecule has 0 fully saturated rings. The van der Waals surface area contributed by atoms with Crippen molar-refractivity contribution in [3.8, 4) is 22.8 Å². The van der Waals surface area contributed by atoms with Crippen LogP contribution in [0.3, 0.4) is 0 Å². The summed E-state index contributed by atoms with van der Waals surface area (Å²) in [5, 5.41) is 0. The van der Waals surface area contributed by atoms with E-state index in [1.165, 1.54) is 6.07 Å². The lowest BCUT2D eigenvalue weighted by Crippen LogP contribution is -1.84. The lowest BCUT2D eigenvalue weighted by Gasteiger charge is -1.99. The molecular weight excluding hydrogens is 243 g/mol. The van der Waals surface area contributed by atoms with Crippen molar-refractivity contribution in [2.24, 2.45) is 0 Å². The van der Waals surface area contributed by atoms with Crippen LogP contribution in [0, 0.1) is 5.82 Å². The van der Waals surface area contributed by atoms with Gasteiger partial charge < -0.3 is 10.2 Å². The minimum absolute atomic E-state index is 0.260. The number of oxazole rings is 1. The molecule has 0 saturated carbocycles. The first-order valence-corrected chi connectivity index (χ1v) is 5.81. The predicted octanol–water partition coefficient (Wildman–Crippen LogP) is 3.73. The van der Waals surface area contributed by atoms with Crippen molar-refractivity contribution < 1.29 is 8.81 Å². The van der Waals surface area contributed by atoms with E-state index in [9.17, 15) is 4.39 Å². The molecule has 2 aromatic carbocycles. The van der Waals surface area contributed by atoms with E-state index >= 15 is 0 Å². The summed E-state index contributed by atoms with van der Waals surface area (Å²) in [6.07, 6.45) is 1.57. The van der Waals surface area contributed by atoms with Crippen molar-refractivity contribution in [3.05, 3.63) is 60.5 Å². The highest BCUT2D eigenvalue weighted by molar-refractivity contribution is 5.64. The minimum atomic E-state index is -0.358. The van der Waals surface area contributed by atoms with E-state index in [2.05, 4.69) is 4.98 Å². The topological polar surface area (TPSA) is 52.0 Å². The van der Waals surface area contributed by atoms with Crippen molar-refractivity contribution >= 4 is 5.69 Å². The van der Waals surface area contributed by atoms with Crippen LogP contribution in [0.2, 0.25) is 0 Å². The average Bonchev–Trinajstić information content (AvgIpc) is 2.89. The molecule has 3 nitrogen and oxygen atoms in total. The second kappa shape index (κ2) is 4.57. The zero-order valence-electron chi connectivity index (χ0n) is 10.0. The summed E-state index contributed by atoms with van der Waals surface area (Å²) in [6, 6.07) is 13.6. The van der Waals surface area contributed by atoms with Gasteiger partial charge in [0.05, 0.1) is 11.8 Å². The molecule has 1 heterocycles. The van der Waals surface area contributed by atoms with Crippen LogP contribution < -0.4 is 5.73 Å². The highest BCUT2D eigenvalue weighted by Gasteiger charge is 2.11. The normalized spacial score (nSPS) is 10.6. The number of anilines is 1. The van der Waals surface area contributed by atoms with Crippen LogP contribution >= 0.6 is 0 Å². The Kier molecular flexibility index (Phi) is 2.76. The first-order valence-electron chi connectivity index (χ1n) is 5.81. The quantitative estimate of drug-likeness (QED) is 0.709. The Morgan fingerprint density at radius 2 is 1.89 bits per heavy atom. The van der Waals surface area contributed by atoms with Crippen LogP contribution in [0.15, 0.2) is 59.1 Å². The fraction of sp³-hybridized carbons (Fsp3) is 0. The van der Waals surface area contributed by atoms with E-state index in [0.29, 0.717) is 17.0 Å². The SMILES string of the molecule is Nc1cccc(-c2cnc(-c3ccccc3F)o2)c1. The molecule has 94 valence electrons. The largest absolute Gasteiger partial charge is 0.436 e. The zero-order valence-corrected chi connectivity index (χ0v) is 10.0. The summed E-state index contributed by atoms with van der Waals surface area (Å²) in [7, 11) is 0. The smallest absolute Gasteiger partial charge is 0.229 e. The van der Waals surface area contributed by atoms with Gasteiger partial charge in [-0.15, -0.1) is 0 Å². The van der Waals surface area contributed by atoms with Gasteiger partial charge in [0.15, 0.2) is 5.76 Å². The molecule has 3 rings (SSSR count). The molecule has 0 radical (unpaired) electrons. The van der Waals surface area contributed by atoms with Gasteiger partial charge in [-0.05, 0) is 24.3 Å². The maximum absolute atomic E-state index is 13.6. The average molecular weight is 254 g/mol. The lowest BCUT2D eigenvalue weighted by molar-refractivity contribution is 0.573. The molecule has 0 aliphatic heterocycles. The van der Waals surface area contributed by atoms with Crippen LogP contribution in [0.5, 0.6) is 0 Å². The number of hydrogen-bond acceptors (Lipinski definition) is 3. The molecular formula is C15H11FN2O. The monoisotopic (exact) mass is 254 g/mol. The maximum atomic E-state index is 13.6. The van der Waals surface area contributed by atoms with Crippen LogP contribution in [0.1, 0.15) is 0 Å². The van der Waals surface area contributed by atoms with E-state index in [0.717, 1.165) is 5.56 Å². The third-order valence-corrected chi connectivity index (χ3v) is 2.78. The fourth-order valence-corrected chi connectivity index (χ4v) is 1.86. The molecule has 0 unspecified atom stereocenters. The number of nitrogens with two attached hydrogens (primary N) is 1. The van der Waals surface area contributed by atoms with Crippen LogP contribution in [-0.4, -0.2) is 4.98 Å². The van der Waals surface area contributed by atoms with Gasteiger partial charge in [0, 0.05) is 11.3 Å². The molecule has 1 aromatic heterocycles. The Labute approximate surface area is 109 Å². The van der Waals surface area contributed by atoms with Gasteiger partial charge in [0.1, 0.15) is 5.82 Å². The second-order valence-electron chi connectivity index (χ2n) is 4.13. The molecule has 19 heavy (non-hydrogen) atoms. The summed E-state index contributed by atoms with van der Waals surface area (Å²) < 4.78 is 19.2. The summed E-state index contributed by atoms with van der Waals surface area (Å²) in [6.45, 7) is 0. The number of nitrogens with zero attached hydrogens (tertiary/aromatic N) is 1. The van der Waals surface area contributed by atoms with Crippen LogP contribution in [-0.2, 0) is 0 Å². The Morgan fingerprint density at radius 3 is 2.68 bits per heavy atom. The van der Waals surface area contributed by atoms with E-state index in [1.807, 2.05) is 12.1 Å². The molecule has 0 atom stereocenters. The van der Waals surface area contributed by atoms with Crippen molar-refractivity contribution in [1.29, 1.82) is 0 Å². The van der Waals surface area contributed by atoms with E-state index in [-0.39, 0.29) is 11.7 Å².